The molecule has 4 aliphatic rings. The van der Waals surface area contributed by atoms with Crippen molar-refractivity contribution in [3.05, 3.63) is 24.3 Å². The third kappa shape index (κ3) is 3.14. The van der Waals surface area contributed by atoms with Gasteiger partial charge in [-0.3, -0.25) is 14.4 Å². The molecular formula is C24H35N3O5. The summed E-state index contributed by atoms with van der Waals surface area (Å²) in [6.07, 6.45) is 6.89. The van der Waals surface area contributed by atoms with E-state index in [1.807, 2.05) is 58.9 Å². The zero-order chi connectivity index (χ0) is 23.6. The van der Waals surface area contributed by atoms with Gasteiger partial charge in [-0.05, 0) is 26.7 Å². The van der Waals surface area contributed by atoms with E-state index in [2.05, 4.69) is 0 Å². The minimum absolute atomic E-state index is 0.0776. The van der Waals surface area contributed by atoms with E-state index in [-0.39, 0.29) is 30.2 Å². The summed E-state index contributed by atoms with van der Waals surface area (Å²) in [5.41, 5.74) is -1.71. The van der Waals surface area contributed by atoms with Gasteiger partial charge in [-0.1, -0.05) is 38.2 Å². The van der Waals surface area contributed by atoms with Crippen molar-refractivity contribution >= 4 is 17.7 Å². The lowest BCUT2D eigenvalue weighted by Crippen LogP contribution is -2.61. The molecule has 4 rings (SSSR count). The van der Waals surface area contributed by atoms with Crippen LogP contribution in [0.15, 0.2) is 24.3 Å². The molecule has 4 aliphatic heterocycles. The monoisotopic (exact) mass is 445 g/mol. The summed E-state index contributed by atoms with van der Waals surface area (Å²) in [5, 5.41) is 10.2. The zero-order valence-electron chi connectivity index (χ0n) is 19.8. The third-order valence-electron chi connectivity index (χ3n) is 7.42. The molecule has 8 heteroatoms. The van der Waals surface area contributed by atoms with Crippen molar-refractivity contribution in [1.29, 1.82) is 0 Å². The maximum atomic E-state index is 14.0. The average molecular weight is 446 g/mol. The Morgan fingerprint density at radius 2 is 1.81 bits per heavy atom. The lowest BCUT2D eigenvalue weighted by Gasteiger charge is -2.42. The number of carbonyl (C=O) groups excluding carboxylic acids is 3. The van der Waals surface area contributed by atoms with E-state index < -0.39 is 41.2 Å². The molecule has 0 aromatic rings. The van der Waals surface area contributed by atoms with Gasteiger partial charge in [0.15, 0.2) is 0 Å². The lowest BCUT2D eigenvalue weighted by atomic mass is 9.77. The van der Waals surface area contributed by atoms with E-state index >= 15 is 0 Å². The minimum atomic E-state index is -1.25. The smallest absolute Gasteiger partial charge is 0.249 e. The van der Waals surface area contributed by atoms with E-state index in [9.17, 15) is 19.5 Å². The maximum absolute atomic E-state index is 14.0. The number of aliphatic hydroxyl groups is 1. The Hall–Kier alpha value is -2.19. The van der Waals surface area contributed by atoms with Crippen molar-refractivity contribution in [2.45, 2.75) is 63.9 Å². The molecule has 8 nitrogen and oxygen atoms in total. The van der Waals surface area contributed by atoms with Crippen LogP contribution in [0.3, 0.4) is 0 Å². The van der Waals surface area contributed by atoms with Crippen LogP contribution in [0.4, 0.5) is 0 Å². The van der Waals surface area contributed by atoms with Crippen LogP contribution in [0.1, 0.15) is 34.6 Å². The molecule has 0 aromatic heterocycles. The fourth-order valence-corrected chi connectivity index (χ4v) is 5.78. The van der Waals surface area contributed by atoms with Crippen molar-refractivity contribution in [3.8, 4) is 0 Å². The number of amides is 3. The SMILES string of the molecule is CC(C)[C@H](CO)N1C(=O)[C@@H]2[C@@H]3C(=O)N(C)CC=C[C@@H]3O[C@@]23C=CCN(C(C)(C)C)C(=O)C13. The molecule has 0 aromatic carbocycles. The number of ether oxygens (including phenoxy) is 1. The number of fused-ring (bicyclic) bond motifs is 2. The van der Waals surface area contributed by atoms with Crippen molar-refractivity contribution in [2.75, 3.05) is 26.7 Å². The molecule has 0 radical (unpaired) electrons. The van der Waals surface area contributed by atoms with Crippen LogP contribution in [-0.2, 0) is 19.1 Å². The standard InChI is InChI=1S/C24H35N3O5/c1-14(2)15(13-28)27-19-22(31)26(23(3,4)5)12-8-10-24(19)18(21(27)30)17-16(32-24)9-7-11-25(6)20(17)29/h7-10,14-19,28H,11-13H2,1-6H3/t15-,16-,17+,18-,19?,24-/m0/s1. The van der Waals surface area contributed by atoms with Gasteiger partial charge in [0.25, 0.3) is 0 Å². The number of aliphatic hydroxyl groups excluding tert-OH is 1. The second-order valence-electron chi connectivity index (χ2n) is 10.8. The second kappa shape index (κ2) is 7.70. The van der Waals surface area contributed by atoms with Crippen molar-refractivity contribution in [1.82, 2.24) is 14.7 Å². The average Bonchev–Trinajstić information content (AvgIpc) is 3.01. The van der Waals surface area contributed by atoms with Gasteiger partial charge in [0.05, 0.1) is 30.6 Å². The summed E-state index contributed by atoms with van der Waals surface area (Å²) in [7, 11) is 1.72. The highest BCUT2D eigenvalue weighted by atomic mass is 16.5. The Bertz CT molecular complexity index is 875. The molecular weight excluding hydrogens is 410 g/mol. The molecule has 3 amide bonds. The van der Waals surface area contributed by atoms with Gasteiger partial charge >= 0.3 is 0 Å². The predicted octanol–water partition coefficient (Wildman–Crippen LogP) is 0.809. The topological polar surface area (TPSA) is 90.4 Å². The maximum Gasteiger partial charge on any atom is 0.249 e. The minimum Gasteiger partial charge on any atom is -0.394 e. The van der Waals surface area contributed by atoms with Gasteiger partial charge in [0.2, 0.25) is 17.7 Å². The van der Waals surface area contributed by atoms with E-state index in [1.165, 1.54) is 4.90 Å². The number of hydrogen-bond acceptors (Lipinski definition) is 5. The normalized spacial score (nSPS) is 35.8. The number of hydrogen-bond donors (Lipinski definition) is 1. The van der Waals surface area contributed by atoms with Gasteiger partial charge in [0.1, 0.15) is 11.6 Å². The summed E-state index contributed by atoms with van der Waals surface area (Å²) in [4.78, 5) is 46.3. The van der Waals surface area contributed by atoms with E-state index in [4.69, 9.17) is 4.74 Å². The van der Waals surface area contributed by atoms with E-state index in [0.29, 0.717) is 13.1 Å². The molecule has 4 heterocycles. The summed E-state index contributed by atoms with van der Waals surface area (Å²) >= 11 is 0. The van der Waals surface area contributed by atoms with Gasteiger partial charge in [-0.15, -0.1) is 0 Å². The van der Waals surface area contributed by atoms with Crippen molar-refractivity contribution < 1.29 is 24.2 Å². The van der Waals surface area contributed by atoms with Gasteiger partial charge < -0.3 is 24.5 Å². The van der Waals surface area contributed by atoms with Crippen LogP contribution in [0.2, 0.25) is 0 Å². The summed E-state index contributed by atoms with van der Waals surface area (Å²) in [6, 6.07) is -1.49. The van der Waals surface area contributed by atoms with Crippen LogP contribution >= 0.6 is 0 Å². The summed E-state index contributed by atoms with van der Waals surface area (Å²) < 4.78 is 6.55. The van der Waals surface area contributed by atoms with Gasteiger partial charge in [-0.25, -0.2) is 0 Å². The van der Waals surface area contributed by atoms with Crippen LogP contribution in [0, 0.1) is 17.8 Å². The Kier molecular flexibility index (Phi) is 5.53. The molecule has 2 fully saturated rings. The summed E-state index contributed by atoms with van der Waals surface area (Å²) in [6.45, 7) is 10.3. The molecule has 32 heavy (non-hydrogen) atoms. The van der Waals surface area contributed by atoms with Crippen molar-refractivity contribution in [3.63, 3.8) is 0 Å². The quantitative estimate of drug-likeness (QED) is 0.650. The number of likely N-dealkylation sites (tertiary alicyclic amines) is 1. The van der Waals surface area contributed by atoms with Gasteiger partial charge in [-0.2, -0.15) is 0 Å². The number of carbonyl (C=O) groups is 3. The van der Waals surface area contributed by atoms with Crippen molar-refractivity contribution in [2.24, 2.45) is 17.8 Å². The Morgan fingerprint density at radius 3 is 2.41 bits per heavy atom. The van der Waals surface area contributed by atoms with Crippen LogP contribution < -0.4 is 0 Å². The molecule has 176 valence electrons. The molecule has 0 saturated carbocycles. The first-order valence-corrected chi connectivity index (χ1v) is 11.5. The molecule has 0 aliphatic carbocycles. The highest BCUT2D eigenvalue weighted by Crippen LogP contribution is 2.54. The fourth-order valence-electron chi connectivity index (χ4n) is 5.78. The first-order valence-electron chi connectivity index (χ1n) is 11.5. The van der Waals surface area contributed by atoms with Crippen LogP contribution in [-0.4, -0.2) is 93.6 Å². The van der Waals surface area contributed by atoms with Crippen LogP contribution in [0.5, 0.6) is 0 Å². The molecule has 1 spiro atoms. The zero-order valence-corrected chi connectivity index (χ0v) is 19.8. The Balaban J connectivity index is 1.91. The number of likely N-dealkylation sites (N-methyl/N-ethyl adjacent to an activating group) is 1. The fraction of sp³-hybridized carbons (Fsp3) is 0.708. The predicted molar refractivity (Wildman–Crippen MR) is 118 cm³/mol. The van der Waals surface area contributed by atoms with Crippen LogP contribution in [0.25, 0.3) is 0 Å². The highest BCUT2D eigenvalue weighted by Gasteiger charge is 2.72. The third-order valence-corrected chi connectivity index (χ3v) is 7.42. The second-order valence-corrected chi connectivity index (χ2v) is 10.8. The Labute approximate surface area is 189 Å². The Morgan fingerprint density at radius 1 is 1.12 bits per heavy atom. The lowest BCUT2D eigenvalue weighted by molar-refractivity contribution is -0.154. The largest absolute Gasteiger partial charge is 0.394 e. The molecule has 6 atom stereocenters. The molecule has 1 unspecified atom stereocenters. The molecule has 2 saturated heterocycles. The number of rotatable bonds is 3. The van der Waals surface area contributed by atoms with E-state index in [1.54, 1.807) is 16.8 Å². The summed E-state index contributed by atoms with van der Waals surface area (Å²) in [5.74, 6) is -2.25. The number of nitrogens with zero attached hydrogens (tertiary/aromatic N) is 3. The molecule has 0 bridgehead atoms. The van der Waals surface area contributed by atoms with Gasteiger partial charge in [0, 0.05) is 25.7 Å². The first-order chi connectivity index (χ1) is 15.0. The first kappa shape index (κ1) is 23.0. The van der Waals surface area contributed by atoms with E-state index in [0.717, 1.165) is 0 Å². The highest BCUT2D eigenvalue weighted by molar-refractivity contribution is 6.00. The molecule has 1 N–H and O–H groups in total.